The minimum Gasteiger partial charge on any atom is -0.355 e. The van der Waals surface area contributed by atoms with Gasteiger partial charge in [-0.1, -0.05) is 30.3 Å². The summed E-state index contributed by atoms with van der Waals surface area (Å²) in [5, 5.41) is 7.50. The van der Waals surface area contributed by atoms with E-state index in [2.05, 4.69) is 61.2 Å². The molecule has 1 saturated heterocycles. The number of aromatic nitrogens is 2. The van der Waals surface area contributed by atoms with Gasteiger partial charge in [0, 0.05) is 37.8 Å². The standard InChI is InChI=1S/C18H25N5S.HI/c1-19-18(21-12-16-8-5-11-24-16)22-13-17-20-9-10-23(17)14-15-6-3-2-4-7-15;/h2-4,6-7,9-10,16H,5,8,11-14H2,1H3,(H2,19,21,22);1H. The summed E-state index contributed by atoms with van der Waals surface area (Å²) < 4.78 is 2.17. The molecule has 2 aromatic rings. The lowest BCUT2D eigenvalue weighted by Gasteiger charge is -2.15. The zero-order chi connectivity index (χ0) is 16.6. The number of thioether (sulfide) groups is 1. The van der Waals surface area contributed by atoms with E-state index in [9.17, 15) is 0 Å². The first-order chi connectivity index (χ1) is 11.8. The quantitative estimate of drug-likeness (QED) is 0.386. The van der Waals surface area contributed by atoms with Crippen molar-refractivity contribution in [1.82, 2.24) is 20.2 Å². The molecule has 5 nitrogen and oxygen atoms in total. The molecule has 3 rings (SSSR count). The fourth-order valence-corrected chi connectivity index (χ4v) is 4.03. The Hall–Kier alpha value is -1.22. The molecule has 25 heavy (non-hydrogen) atoms. The first-order valence-corrected chi connectivity index (χ1v) is 9.50. The molecule has 0 saturated carbocycles. The number of benzene rings is 1. The van der Waals surface area contributed by atoms with Gasteiger partial charge < -0.3 is 15.2 Å². The van der Waals surface area contributed by atoms with Gasteiger partial charge in [-0.3, -0.25) is 4.99 Å². The second-order valence-electron chi connectivity index (χ2n) is 5.90. The normalized spacial score (nSPS) is 17.2. The van der Waals surface area contributed by atoms with Crippen molar-refractivity contribution in [3.05, 3.63) is 54.1 Å². The SMILES string of the molecule is CN=C(NCc1nccn1Cc1ccccc1)NCC1CCCS1.I. The van der Waals surface area contributed by atoms with Gasteiger partial charge in [0.1, 0.15) is 5.82 Å². The monoisotopic (exact) mass is 471 g/mol. The lowest BCUT2D eigenvalue weighted by molar-refractivity contribution is 0.680. The van der Waals surface area contributed by atoms with Gasteiger partial charge in [-0.2, -0.15) is 11.8 Å². The van der Waals surface area contributed by atoms with Crippen molar-refractivity contribution in [3.63, 3.8) is 0 Å². The van der Waals surface area contributed by atoms with Crippen LogP contribution in [0.25, 0.3) is 0 Å². The van der Waals surface area contributed by atoms with Crippen LogP contribution in [0.15, 0.2) is 47.7 Å². The van der Waals surface area contributed by atoms with Gasteiger partial charge in [0.25, 0.3) is 0 Å². The van der Waals surface area contributed by atoms with Crippen LogP contribution in [0.3, 0.4) is 0 Å². The van der Waals surface area contributed by atoms with Gasteiger partial charge in [-0.05, 0) is 24.2 Å². The molecule has 1 aliphatic heterocycles. The van der Waals surface area contributed by atoms with E-state index < -0.39 is 0 Å². The predicted molar refractivity (Wildman–Crippen MR) is 117 cm³/mol. The highest BCUT2D eigenvalue weighted by Crippen LogP contribution is 2.25. The van der Waals surface area contributed by atoms with Crippen molar-refractivity contribution < 1.29 is 0 Å². The highest BCUT2D eigenvalue weighted by molar-refractivity contribution is 14.0. The summed E-state index contributed by atoms with van der Waals surface area (Å²) in [5.41, 5.74) is 1.28. The van der Waals surface area contributed by atoms with Crippen LogP contribution in [0.5, 0.6) is 0 Å². The number of nitrogens with zero attached hydrogens (tertiary/aromatic N) is 3. The maximum atomic E-state index is 4.47. The molecule has 2 N–H and O–H groups in total. The molecule has 0 aliphatic carbocycles. The third-order valence-corrected chi connectivity index (χ3v) is 5.55. The first kappa shape index (κ1) is 20.1. The van der Waals surface area contributed by atoms with Gasteiger partial charge in [0.15, 0.2) is 5.96 Å². The van der Waals surface area contributed by atoms with E-state index >= 15 is 0 Å². The van der Waals surface area contributed by atoms with E-state index in [1.165, 1.54) is 24.2 Å². The molecule has 136 valence electrons. The summed E-state index contributed by atoms with van der Waals surface area (Å²) >= 11 is 2.05. The zero-order valence-electron chi connectivity index (χ0n) is 14.5. The fraction of sp³-hybridized carbons (Fsp3) is 0.444. The smallest absolute Gasteiger partial charge is 0.191 e. The molecule has 1 aromatic carbocycles. The number of hydrogen-bond acceptors (Lipinski definition) is 3. The largest absolute Gasteiger partial charge is 0.355 e. The molecule has 1 atom stereocenters. The van der Waals surface area contributed by atoms with Gasteiger partial charge >= 0.3 is 0 Å². The Morgan fingerprint density at radius 3 is 2.88 bits per heavy atom. The predicted octanol–water partition coefficient (Wildman–Crippen LogP) is 3.11. The highest BCUT2D eigenvalue weighted by atomic mass is 127. The summed E-state index contributed by atoms with van der Waals surface area (Å²) in [7, 11) is 1.81. The number of nitrogens with one attached hydrogen (secondary N) is 2. The Morgan fingerprint density at radius 2 is 2.16 bits per heavy atom. The number of imidazole rings is 1. The molecule has 2 heterocycles. The third kappa shape index (κ3) is 6.22. The number of guanidine groups is 1. The lowest BCUT2D eigenvalue weighted by atomic mass is 10.2. The molecule has 0 spiro atoms. The molecule has 1 aromatic heterocycles. The summed E-state index contributed by atoms with van der Waals surface area (Å²) in [6.45, 7) is 2.47. The van der Waals surface area contributed by atoms with Crippen molar-refractivity contribution in [3.8, 4) is 0 Å². The molecular formula is C18H26IN5S. The summed E-state index contributed by atoms with van der Waals surface area (Å²) in [5.74, 6) is 3.14. The minimum atomic E-state index is 0. The second kappa shape index (κ2) is 10.7. The Balaban J connectivity index is 0.00000225. The minimum absolute atomic E-state index is 0. The number of halogens is 1. The van der Waals surface area contributed by atoms with Gasteiger partial charge in [0.05, 0.1) is 6.54 Å². The maximum absolute atomic E-state index is 4.47. The van der Waals surface area contributed by atoms with E-state index in [-0.39, 0.29) is 24.0 Å². The molecule has 0 bridgehead atoms. The van der Waals surface area contributed by atoms with E-state index in [1.54, 1.807) is 0 Å². The van der Waals surface area contributed by atoms with Crippen LogP contribution in [0.1, 0.15) is 24.2 Å². The van der Waals surface area contributed by atoms with E-state index in [0.717, 1.165) is 24.9 Å². The van der Waals surface area contributed by atoms with Crippen LogP contribution in [-0.4, -0.2) is 40.1 Å². The van der Waals surface area contributed by atoms with Crippen LogP contribution < -0.4 is 10.6 Å². The van der Waals surface area contributed by atoms with Crippen molar-refractivity contribution >= 4 is 41.7 Å². The molecule has 1 unspecified atom stereocenters. The van der Waals surface area contributed by atoms with Crippen LogP contribution in [0, 0.1) is 0 Å². The van der Waals surface area contributed by atoms with Crippen LogP contribution in [-0.2, 0) is 13.1 Å². The molecule has 1 fully saturated rings. The topological polar surface area (TPSA) is 54.2 Å². The summed E-state index contributed by atoms with van der Waals surface area (Å²) in [6, 6.07) is 10.4. The number of hydrogen-bond donors (Lipinski definition) is 2. The van der Waals surface area contributed by atoms with E-state index in [4.69, 9.17) is 0 Å². The van der Waals surface area contributed by atoms with E-state index in [0.29, 0.717) is 11.8 Å². The average molecular weight is 471 g/mol. The van der Waals surface area contributed by atoms with Crippen LogP contribution in [0.4, 0.5) is 0 Å². The molecule has 7 heteroatoms. The number of rotatable bonds is 6. The molecule has 1 aliphatic rings. The Morgan fingerprint density at radius 1 is 1.32 bits per heavy atom. The Kier molecular flexibility index (Phi) is 8.60. The zero-order valence-corrected chi connectivity index (χ0v) is 17.7. The lowest BCUT2D eigenvalue weighted by Crippen LogP contribution is -2.40. The van der Waals surface area contributed by atoms with Crippen molar-refractivity contribution in [2.75, 3.05) is 19.3 Å². The summed E-state index contributed by atoms with van der Waals surface area (Å²) in [6.07, 6.45) is 6.51. The number of aliphatic imine (C=N–C) groups is 1. The van der Waals surface area contributed by atoms with E-state index in [1.807, 2.05) is 25.5 Å². The average Bonchev–Trinajstić information content (AvgIpc) is 3.28. The first-order valence-electron chi connectivity index (χ1n) is 8.45. The van der Waals surface area contributed by atoms with Crippen LogP contribution in [0.2, 0.25) is 0 Å². The van der Waals surface area contributed by atoms with Crippen LogP contribution >= 0.6 is 35.7 Å². The highest BCUT2D eigenvalue weighted by Gasteiger charge is 2.15. The Bertz CT molecular complexity index is 652. The van der Waals surface area contributed by atoms with Crippen molar-refractivity contribution in [2.24, 2.45) is 4.99 Å². The molecule has 0 amide bonds. The molecule has 0 radical (unpaired) electrons. The van der Waals surface area contributed by atoms with Crippen molar-refractivity contribution in [1.29, 1.82) is 0 Å². The van der Waals surface area contributed by atoms with Crippen molar-refractivity contribution in [2.45, 2.75) is 31.2 Å². The summed E-state index contributed by atoms with van der Waals surface area (Å²) in [4.78, 5) is 8.78. The van der Waals surface area contributed by atoms with Gasteiger partial charge in [0.2, 0.25) is 0 Å². The van der Waals surface area contributed by atoms with Gasteiger partial charge in [-0.15, -0.1) is 24.0 Å². The maximum Gasteiger partial charge on any atom is 0.191 e. The Labute approximate surface area is 171 Å². The second-order valence-corrected chi connectivity index (χ2v) is 7.31. The fourth-order valence-electron chi connectivity index (χ4n) is 2.83. The third-order valence-electron chi connectivity index (χ3n) is 4.16. The van der Waals surface area contributed by atoms with Gasteiger partial charge in [-0.25, -0.2) is 4.98 Å². The molecular weight excluding hydrogens is 445 g/mol.